The van der Waals surface area contributed by atoms with Gasteiger partial charge in [-0.25, -0.2) is 14.2 Å². The number of piperidine rings is 1. The molecule has 4 heterocycles. The van der Waals surface area contributed by atoms with E-state index in [4.69, 9.17) is 17.3 Å². The molecule has 4 rings (SSSR count). The number of carbonyl (C=O) groups excluding carboxylic acids is 1. The zero-order valence-electron chi connectivity index (χ0n) is 15.1. The molecule has 28 heavy (non-hydrogen) atoms. The summed E-state index contributed by atoms with van der Waals surface area (Å²) < 4.78 is 14.4. The number of nitrogens with two attached hydrogens (primary N) is 1. The number of halogens is 2. The summed E-state index contributed by atoms with van der Waals surface area (Å²) in [6, 6.07) is 1.28. The van der Waals surface area contributed by atoms with Gasteiger partial charge in [0.25, 0.3) is 0 Å². The number of H-pyrrole nitrogens is 1. The van der Waals surface area contributed by atoms with Crippen molar-refractivity contribution >= 4 is 34.5 Å². The van der Waals surface area contributed by atoms with E-state index >= 15 is 0 Å². The second kappa shape index (κ2) is 7.67. The SMILES string of the molecule is NC(=O)N1CCCC[C@@H]1CNC1=C(F)CN=C(c2c[nH]c3ncc(Cl)cc23)N1. The highest BCUT2D eigenvalue weighted by molar-refractivity contribution is 6.31. The zero-order chi connectivity index (χ0) is 19.7. The number of amidine groups is 1. The standard InChI is InChI=1S/C18H21ClFN7O/c19-10-5-12-13(8-24-15(12)22-6-10)16-25-9-14(20)17(26-16)23-7-11-3-1-2-4-27(11)18(21)28/h5-6,8,11,23H,1-4,7,9H2,(H2,21,28)(H,22,24)(H,25,26)/t11-/m1/s1. The molecular weight excluding hydrogens is 385 g/mol. The lowest BCUT2D eigenvalue weighted by Gasteiger charge is -2.35. The molecule has 0 aromatic carbocycles. The molecule has 8 nitrogen and oxygen atoms in total. The monoisotopic (exact) mass is 405 g/mol. The van der Waals surface area contributed by atoms with Crippen molar-refractivity contribution in [2.24, 2.45) is 10.7 Å². The average Bonchev–Trinajstić information content (AvgIpc) is 3.10. The number of rotatable bonds is 4. The molecular formula is C18H21ClFN7O. The van der Waals surface area contributed by atoms with Crippen molar-refractivity contribution in [1.82, 2.24) is 25.5 Å². The average molecular weight is 406 g/mol. The van der Waals surface area contributed by atoms with E-state index in [1.807, 2.05) is 0 Å². The molecule has 0 saturated carbocycles. The van der Waals surface area contributed by atoms with Crippen molar-refractivity contribution < 1.29 is 9.18 Å². The number of aliphatic imine (C=N–C) groups is 1. The predicted octanol–water partition coefficient (Wildman–Crippen LogP) is 2.23. The van der Waals surface area contributed by atoms with Gasteiger partial charge in [0, 0.05) is 36.4 Å². The molecule has 0 radical (unpaired) electrons. The number of amides is 2. The molecule has 0 bridgehead atoms. The second-order valence-corrected chi connectivity index (χ2v) is 7.32. The lowest BCUT2D eigenvalue weighted by atomic mass is 10.0. The molecule has 5 N–H and O–H groups in total. The maximum Gasteiger partial charge on any atom is 0.315 e. The molecule has 148 valence electrons. The number of carbonyl (C=O) groups is 1. The van der Waals surface area contributed by atoms with Gasteiger partial charge in [-0.15, -0.1) is 0 Å². The predicted molar refractivity (Wildman–Crippen MR) is 106 cm³/mol. The number of pyridine rings is 1. The molecule has 2 aromatic rings. The summed E-state index contributed by atoms with van der Waals surface area (Å²) in [6.45, 7) is 0.967. The number of aromatic amines is 1. The second-order valence-electron chi connectivity index (χ2n) is 6.88. The van der Waals surface area contributed by atoms with Crippen molar-refractivity contribution in [3.63, 3.8) is 0 Å². The van der Waals surface area contributed by atoms with E-state index in [0.717, 1.165) is 30.2 Å². The molecule has 2 aliphatic heterocycles. The molecule has 0 aliphatic carbocycles. The Morgan fingerprint density at radius 3 is 3.14 bits per heavy atom. The van der Waals surface area contributed by atoms with E-state index in [2.05, 4.69) is 25.6 Å². The molecule has 1 saturated heterocycles. The molecule has 0 spiro atoms. The fraction of sp³-hybridized carbons (Fsp3) is 0.389. The minimum absolute atomic E-state index is 0.0632. The van der Waals surface area contributed by atoms with Gasteiger partial charge in [-0.2, -0.15) is 0 Å². The topological polar surface area (TPSA) is 111 Å². The normalized spacial score (nSPS) is 20.1. The Morgan fingerprint density at radius 1 is 1.46 bits per heavy atom. The summed E-state index contributed by atoms with van der Waals surface area (Å²) in [5.41, 5.74) is 6.89. The molecule has 2 aliphatic rings. The zero-order valence-corrected chi connectivity index (χ0v) is 15.9. The fourth-order valence-electron chi connectivity index (χ4n) is 3.64. The lowest BCUT2D eigenvalue weighted by Crippen LogP contribution is -2.51. The van der Waals surface area contributed by atoms with Crippen LogP contribution in [0.4, 0.5) is 9.18 Å². The Hall–Kier alpha value is -2.81. The van der Waals surface area contributed by atoms with Gasteiger partial charge in [0.2, 0.25) is 0 Å². The van der Waals surface area contributed by atoms with Crippen LogP contribution in [0.25, 0.3) is 11.0 Å². The number of nitrogens with zero attached hydrogens (tertiary/aromatic N) is 3. The number of hydrogen-bond acceptors (Lipinski definition) is 5. The number of primary amides is 1. The lowest BCUT2D eigenvalue weighted by molar-refractivity contribution is 0.158. The molecule has 1 fully saturated rings. The van der Waals surface area contributed by atoms with Gasteiger partial charge in [0.15, 0.2) is 5.83 Å². The van der Waals surface area contributed by atoms with E-state index in [-0.39, 0.29) is 24.2 Å². The summed E-state index contributed by atoms with van der Waals surface area (Å²) >= 11 is 6.05. The minimum atomic E-state index is -0.442. The van der Waals surface area contributed by atoms with Crippen LogP contribution >= 0.6 is 11.6 Å². The van der Waals surface area contributed by atoms with Gasteiger partial charge in [-0.05, 0) is 25.3 Å². The summed E-state index contributed by atoms with van der Waals surface area (Å²) in [7, 11) is 0. The first-order chi connectivity index (χ1) is 13.5. The number of nitrogens with one attached hydrogen (secondary N) is 3. The van der Waals surface area contributed by atoms with Gasteiger partial charge in [0.05, 0.1) is 17.6 Å². The maximum atomic E-state index is 14.4. The van der Waals surface area contributed by atoms with Crippen LogP contribution in [0.2, 0.25) is 5.02 Å². The van der Waals surface area contributed by atoms with Gasteiger partial charge < -0.3 is 26.3 Å². The van der Waals surface area contributed by atoms with E-state index in [1.54, 1.807) is 23.4 Å². The Labute approximate surface area is 166 Å². The Balaban J connectivity index is 1.48. The smallest absolute Gasteiger partial charge is 0.315 e. The Kier molecular flexibility index (Phi) is 5.08. The highest BCUT2D eigenvalue weighted by atomic mass is 35.5. The highest BCUT2D eigenvalue weighted by Crippen LogP contribution is 2.22. The van der Waals surface area contributed by atoms with Crippen LogP contribution in [-0.2, 0) is 0 Å². The van der Waals surface area contributed by atoms with Crippen molar-refractivity contribution in [2.45, 2.75) is 25.3 Å². The summed E-state index contributed by atoms with van der Waals surface area (Å²) in [5, 5.41) is 7.41. The van der Waals surface area contributed by atoms with Crippen LogP contribution in [0.5, 0.6) is 0 Å². The molecule has 2 amide bonds. The Morgan fingerprint density at radius 2 is 2.32 bits per heavy atom. The third kappa shape index (κ3) is 3.62. The van der Waals surface area contributed by atoms with E-state index in [0.29, 0.717) is 29.6 Å². The van der Waals surface area contributed by atoms with Crippen LogP contribution in [0, 0.1) is 0 Å². The first-order valence-electron chi connectivity index (χ1n) is 9.16. The van der Waals surface area contributed by atoms with E-state index in [1.165, 1.54) is 0 Å². The fourth-order valence-corrected chi connectivity index (χ4v) is 3.80. The minimum Gasteiger partial charge on any atom is -0.367 e. The Bertz CT molecular complexity index is 970. The van der Waals surface area contributed by atoms with Gasteiger partial charge in [-0.1, -0.05) is 11.6 Å². The first kappa shape index (κ1) is 18.5. The highest BCUT2D eigenvalue weighted by Gasteiger charge is 2.26. The van der Waals surface area contributed by atoms with Gasteiger partial charge >= 0.3 is 6.03 Å². The summed E-state index contributed by atoms with van der Waals surface area (Å²) in [4.78, 5) is 24.8. The van der Waals surface area contributed by atoms with Crippen molar-refractivity contribution in [3.05, 3.63) is 40.7 Å². The van der Waals surface area contributed by atoms with E-state index in [9.17, 15) is 9.18 Å². The summed E-state index contributed by atoms with van der Waals surface area (Å²) in [6.07, 6.45) is 6.10. The number of likely N-dealkylation sites (tertiary alicyclic amines) is 1. The third-order valence-electron chi connectivity index (χ3n) is 5.07. The molecule has 0 unspecified atom stereocenters. The van der Waals surface area contributed by atoms with Gasteiger partial charge in [0.1, 0.15) is 17.3 Å². The molecule has 2 aromatic heterocycles. The van der Waals surface area contributed by atoms with Gasteiger partial charge in [-0.3, -0.25) is 4.99 Å². The van der Waals surface area contributed by atoms with Crippen LogP contribution in [-0.4, -0.2) is 52.4 Å². The van der Waals surface area contributed by atoms with Crippen LogP contribution in [0.3, 0.4) is 0 Å². The molecule has 1 atom stereocenters. The van der Waals surface area contributed by atoms with Crippen molar-refractivity contribution in [1.29, 1.82) is 0 Å². The maximum absolute atomic E-state index is 14.4. The number of hydrogen-bond donors (Lipinski definition) is 4. The number of urea groups is 1. The quantitative estimate of drug-likeness (QED) is 0.624. The van der Waals surface area contributed by atoms with Crippen LogP contribution in [0.1, 0.15) is 24.8 Å². The summed E-state index contributed by atoms with van der Waals surface area (Å²) in [5.74, 6) is 0.389. The first-order valence-corrected chi connectivity index (χ1v) is 9.54. The molecule has 10 heteroatoms. The van der Waals surface area contributed by atoms with Crippen molar-refractivity contribution in [2.75, 3.05) is 19.6 Å². The number of fused-ring (bicyclic) bond motifs is 1. The van der Waals surface area contributed by atoms with E-state index < -0.39 is 6.03 Å². The van der Waals surface area contributed by atoms with Crippen LogP contribution in [0.15, 0.2) is 35.1 Å². The largest absolute Gasteiger partial charge is 0.367 e. The third-order valence-corrected chi connectivity index (χ3v) is 5.27. The van der Waals surface area contributed by atoms with Crippen LogP contribution < -0.4 is 16.4 Å². The number of aromatic nitrogens is 2. The van der Waals surface area contributed by atoms with Crippen molar-refractivity contribution in [3.8, 4) is 0 Å².